The van der Waals surface area contributed by atoms with Gasteiger partial charge in [0, 0.05) is 22.3 Å². The number of methoxy groups -OCH3 is 1. The fourth-order valence-corrected chi connectivity index (χ4v) is 4.68. The summed E-state index contributed by atoms with van der Waals surface area (Å²) in [6.07, 6.45) is 0.636. The molecule has 0 aliphatic heterocycles. The van der Waals surface area contributed by atoms with Crippen molar-refractivity contribution in [1.82, 2.24) is 14.9 Å². The van der Waals surface area contributed by atoms with Crippen molar-refractivity contribution in [2.75, 3.05) is 19.4 Å². The van der Waals surface area contributed by atoms with Gasteiger partial charge in [-0.15, -0.1) is 0 Å². The summed E-state index contributed by atoms with van der Waals surface area (Å²) in [5, 5.41) is 4.91. The summed E-state index contributed by atoms with van der Waals surface area (Å²) in [5.74, 6) is 0.981. The SMILES string of the molecule is COc1ccc(-n2c(SCC(=O)NCCc3ccc(Cl)cc3Cl)nc3ccccc32)cc1. The minimum atomic E-state index is -0.0616. The molecule has 1 aromatic heterocycles. The molecule has 0 radical (unpaired) electrons. The average molecular weight is 486 g/mol. The van der Waals surface area contributed by atoms with Crippen LogP contribution in [0.1, 0.15) is 5.56 Å². The summed E-state index contributed by atoms with van der Waals surface area (Å²) in [7, 11) is 1.64. The first kappa shape index (κ1) is 22.5. The number of rotatable bonds is 8. The Hall–Kier alpha value is -2.67. The third-order valence-electron chi connectivity index (χ3n) is 4.92. The van der Waals surface area contributed by atoms with Gasteiger partial charge in [-0.3, -0.25) is 9.36 Å². The molecule has 0 aliphatic carbocycles. The van der Waals surface area contributed by atoms with E-state index in [0.29, 0.717) is 23.0 Å². The van der Waals surface area contributed by atoms with E-state index in [0.717, 1.165) is 33.2 Å². The van der Waals surface area contributed by atoms with Gasteiger partial charge in [0.1, 0.15) is 5.75 Å². The standard InChI is InChI=1S/C24H21Cl2N3O2S/c1-31-19-10-8-18(9-11-19)29-22-5-3-2-4-21(22)28-24(29)32-15-23(30)27-13-12-16-6-7-17(25)14-20(16)26/h2-11,14H,12-13,15H2,1H3,(H,27,30). The van der Waals surface area contributed by atoms with Gasteiger partial charge in [0.25, 0.3) is 0 Å². The Labute approximate surface area is 200 Å². The van der Waals surface area contributed by atoms with E-state index in [-0.39, 0.29) is 11.7 Å². The summed E-state index contributed by atoms with van der Waals surface area (Å²) in [6.45, 7) is 0.496. The van der Waals surface area contributed by atoms with E-state index in [4.69, 9.17) is 32.9 Å². The van der Waals surface area contributed by atoms with Gasteiger partial charge in [0.05, 0.1) is 23.9 Å². The topological polar surface area (TPSA) is 56.1 Å². The molecule has 4 rings (SSSR count). The van der Waals surface area contributed by atoms with Gasteiger partial charge in [-0.25, -0.2) is 4.98 Å². The summed E-state index contributed by atoms with van der Waals surface area (Å²) in [5.41, 5.74) is 3.77. The van der Waals surface area contributed by atoms with Gasteiger partial charge in [0.15, 0.2) is 5.16 Å². The van der Waals surface area contributed by atoms with E-state index < -0.39 is 0 Å². The van der Waals surface area contributed by atoms with Gasteiger partial charge < -0.3 is 10.1 Å². The zero-order valence-electron chi connectivity index (χ0n) is 17.3. The van der Waals surface area contributed by atoms with Crippen molar-refractivity contribution in [1.29, 1.82) is 0 Å². The molecule has 164 valence electrons. The van der Waals surface area contributed by atoms with Crippen molar-refractivity contribution in [3.63, 3.8) is 0 Å². The minimum Gasteiger partial charge on any atom is -0.497 e. The number of thioether (sulfide) groups is 1. The number of amides is 1. The molecule has 1 amide bonds. The molecule has 0 saturated heterocycles. The number of halogens is 2. The number of hydrogen-bond acceptors (Lipinski definition) is 4. The highest BCUT2D eigenvalue weighted by molar-refractivity contribution is 7.99. The predicted molar refractivity (Wildman–Crippen MR) is 132 cm³/mol. The zero-order chi connectivity index (χ0) is 22.5. The van der Waals surface area contributed by atoms with Crippen LogP contribution < -0.4 is 10.1 Å². The quantitative estimate of drug-likeness (QED) is 0.320. The highest BCUT2D eigenvalue weighted by Crippen LogP contribution is 2.29. The summed E-state index contributed by atoms with van der Waals surface area (Å²) in [4.78, 5) is 17.2. The molecule has 5 nitrogen and oxygen atoms in total. The Balaban J connectivity index is 1.44. The molecule has 4 aromatic rings. The molecule has 0 spiro atoms. The number of ether oxygens (including phenoxy) is 1. The average Bonchev–Trinajstić information content (AvgIpc) is 3.17. The monoisotopic (exact) mass is 485 g/mol. The molecule has 0 saturated carbocycles. The number of carbonyl (C=O) groups is 1. The van der Waals surface area contributed by atoms with Crippen molar-refractivity contribution in [3.8, 4) is 11.4 Å². The van der Waals surface area contributed by atoms with Crippen LogP contribution in [0.3, 0.4) is 0 Å². The van der Waals surface area contributed by atoms with Crippen LogP contribution in [0.4, 0.5) is 0 Å². The van der Waals surface area contributed by atoms with E-state index in [9.17, 15) is 4.79 Å². The largest absolute Gasteiger partial charge is 0.497 e. The number of para-hydroxylation sites is 2. The highest BCUT2D eigenvalue weighted by Gasteiger charge is 2.14. The second kappa shape index (κ2) is 10.3. The molecular formula is C24H21Cl2N3O2S. The van der Waals surface area contributed by atoms with E-state index in [1.807, 2.05) is 54.6 Å². The lowest BCUT2D eigenvalue weighted by Crippen LogP contribution is -2.27. The van der Waals surface area contributed by atoms with E-state index in [2.05, 4.69) is 9.88 Å². The van der Waals surface area contributed by atoms with Crippen molar-refractivity contribution in [3.05, 3.63) is 82.3 Å². The number of benzene rings is 3. The van der Waals surface area contributed by atoms with E-state index >= 15 is 0 Å². The van der Waals surface area contributed by atoms with Gasteiger partial charge in [-0.1, -0.05) is 53.2 Å². The maximum Gasteiger partial charge on any atom is 0.230 e. The molecule has 0 fully saturated rings. The lowest BCUT2D eigenvalue weighted by atomic mass is 10.1. The first-order valence-electron chi connectivity index (χ1n) is 10.0. The highest BCUT2D eigenvalue weighted by atomic mass is 35.5. The Bertz CT molecular complexity index is 1240. The molecule has 1 N–H and O–H groups in total. The van der Waals surface area contributed by atoms with Crippen molar-refractivity contribution in [2.45, 2.75) is 11.6 Å². The number of nitrogens with zero attached hydrogens (tertiary/aromatic N) is 2. The molecule has 3 aromatic carbocycles. The van der Waals surface area contributed by atoms with Crippen LogP contribution >= 0.6 is 35.0 Å². The lowest BCUT2D eigenvalue weighted by Gasteiger charge is -2.10. The van der Waals surface area contributed by atoms with Gasteiger partial charge in [-0.2, -0.15) is 0 Å². The van der Waals surface area contributed by atoms with Crippen LogP contribution in [-0.2, 0) is 11.2 Å². The first-order chi connectivity index (χ1) is 15.5. The summed E-state index contributed by atoms with van der Waals surface area (Å²) in [6, 6.07) is 21.1. The minimum absolute atomic E-state index is 0.0616. The van der Waals surface area contributed by atoms with Crippen LogP contribution in [0.15, 0.2) is 71.9 Å². The van der Waals surface area contributed by atoms with Gasteiger partial charge in [-0.05, 0) is 60.5 Å². The molecule has 32 heavy (non-hydrogen) atoms. The third kappa shape index (κ3) is 5.21. The smallest absolute Gasteiger partial charge is 0.230 e. The van der Waals surface area contributed by atoms with Crippen molar-refractivity contribution in [2.24, 2.45) is 0 Å². The van der Waals surface area contributed by atoms with Crippen LogP contribution in [0.5, 0.6) is 5.75 Å². The number of fused-ring (bicyclic) bond motifs is 1. The molecule has 0 atom stereocenters. The van der Waals surface area contributed by atoms with Crippen LogP contribution in [0, 0.1) is 0 Å². The summed E-state index contributed by atoms with van der Waals surface area (Å²) < 4.78 is 7.32. The Morgan fingerprint density at radius 2 is 1.88 bits per heavy atom. The lowest BCUT2D eigenvalue weighted by molar-refractivity contribution is -0.118. The molecule has 0 unspecified atom stereocenters. The molecule has 0 bridgehead atoms. The van der Waals surface area contributed by atoms with Gasteiger partial charge >= 0.3 is 0 Å². The number of imidazole rings is 1. The fraction of sp³-hybridized carbons (Fsp3) is 0.167. The fourth-order valence-electron chi connectivity index (χ4n) is 3.32. The normalized spacial score (nSPS) is 11.0. The second-order valence-electron chi connectivity index (χ2n) is 7.04. The van der Waals surface area contributed by atoms with E-state index in [1.165, 1.54) is 11.8 Å². The van der Waals surface area contributed by atoms with Crippen molar-refractivity contribution >= 4 is 51.9 Å². The number of carbonyl (C=O) groups excluding carboxylic acids is 1. The Morgan fingerprint density at radius 1 is 1.09 bits per heavy atom. The molecule has 0 aliphatic rings. The zero-order valence-corrected chi connectivity index (χ0v) is 19.7. The number of hydrogen-bond donors (Lipinski definition) is 1. The number of aromatic nitrogens is 2. The molecule has 1 heterocycles. The van der Waals surface area contributed by atoms with Crippen LogP contribution in [0.2, 0.25) is 10.0 Å². The second-order valence-corrected chi connectivity index (χ2v) is 8.83. The maximum atomic E-state index is 12.5. The van der Waals surface area contributed by atoms with E-state index in [1.54, 1.807) is 19.2 Å². The first-order valence-corrected chi connectivity index (χ1v) is 11.7. The molecular weight excluding hydrogens is 465 g/mol. The van der Waals surface area contributed by atoms with Crippen LogP contribution in [0.25, 0.3) is 16.7 Å². The predicted octanol–water partition coefficient (Wildman–Crippen LogP) is 5.79. The number of nitrogens with one attached hydrogen (secondary N) is 1. The van der Waals surface area contributed by atoms with Crippen LogP contribution in [-0.4, -0.2) is 34.9 Å². The van der Waals surface area contributed by atoms with Crippen molar-refractivity contribution < 1.29 is 9.53 Å². The maximum absolute atomic E-state index is 12.5. The third-order valence-corrected chi connectivity index (χ3v) is 6.45. The van der Waals surface area contributed by atoms with Gasteiger partial charge in [0.2, 0.25) is 5.91 Å². The molecule has 8 heteroatoms. The Kier molecular flexibility index (Phi) is 7.25. The Morgan fingerprint density at radius 3 is 2.62 bits per heavy atom. The summed E-state index contributed by atoms with van der Waals surface area (Å²) >= 11 is 13.5.